The molecule has 3 N–H and O–H groups in total. The second kappa shape index (κ2) is 11.9. The largest absolute Gasteiger partial charge is 0.489 e. The summed E-state index contributed by atoms with van der Waals surface area (Å²) >= 11 is 6.27. The molecule has 2 aromatic carbocycles. The molecule has 3 aromatic rings. The Bertz CT molecular complexity index is 1250. The maximum absolute atomic E-state index is 12.9. The molecule has 9 heteroatoms. The Morgan fingerprint density at radius 2 is 1.83 bits per heavy atom. The van der Waals surface area contributed by atoms with E-state index in [9.17, 15) is 14.4 Å². The van der Waals surface area contributed by atoms with Crippen molar-refractivity contribution < 1.29 is 19.1 Å². The molecule has 0 aliphatic heterocycles. The summed E-state index contributed by atoms with van der Waals surface area (Å²) in [6.45, 7) is 7.87. The van der Waals surface area contributed by atoms with Gasteiger partial charge in [0.25, 0.3) is 5.91 Å². The van der Waals surface area contributed by atoms with Crippen LogP contribution >= 0.6 is 11.6 Å². The zero-order chi connectivity index (χ0) is 26.4. The van der Waals surface area contributed by atoms with Crippen LogP contribution in [0.4, 0.5) is 0 Å². The number of carbonyl (C=O) groups excluding carboxylic acids is 3. The molecule has 1 heterocycles. The summed E-state index contributed by atoms with van der Waals surface area (Å²) in [4.78, 5) is 40.8. The lowest BCUT2D eigenvalue weighted by Crippen LogP contribution is -2.39. The number of aromatic nitrogens is 2. The molecule has 36 heavy (non-hydrogen) atoms. The Hall–Kier alpha value is -3.65. The Morgan fingerprint density at radius 1 is 1.14 bits per heavy atom. The predicted octanol–water partition coefficient (Wildman–Crippen LogP) is 4.43. The highest BCUT2D eigenvalue weighted by Crippen LogP contribution is 2.26. The van der Waals surface area contributed by atoms with Gasteiger partial charge in [-0.15, -0.1) is 0 Å². The Balaban J connectivity index is 1.73. The van der Waals surface area contributed by atoms with Crippen LogP contribution in [0.3, 0.4) is 0 Å². The number of nitrogens with one attached hydrogen (secondary N) is 1. The van der Waals surface area contributed by atoms with Crippen molar-refractivity contribution in [3.8, 4) is 17.0 Å². The fourth-order valence-corrected chi connectivity index (χ4v) is 4.08. The van der Waals surface area contributed by atoms with E-state index in [2.05, 4.69) is 10.3 Å². The van der Waals surface area contributed by atoms with Crippen molar-refractivity contribution >= 4 is 29.2 Å². The monoisotopic (exact) mass is 510 g/mol. The summed E-state index contributed by atoms with van der Waals surface area (Å²) in [5.41, 5.74) is 8.27. The molecule has 0 fully saturated rings. The van der Waals surface area contributed by atoms with Crippen molar-refractivity contribution in [3.05, 3.63) is 70.6 Å². The van der Waals surface area contributed by atoms with Crippen LogP contribution in [0, 0.1) is 0 Å². The lowest BCUT2D eigenvalue weighted by molar-refractivity contribution is -0.118. The van der Waals surface area contributed by atoms with Crippen molar-refractivity contribution in [2.75, 3.05) is 0 Å². The first-order valence-electron chi connectivity index (χ1n) is 11.8. The summed E-state index contributed by atoms with van der Waals surface area (Å²) < 4.78 is 7.43. The molecule has 190 valence electrons. The smallest absolute Gasteiger partial charge is 0.251 e. The highest BCUT2D eigenvalue weighted by atomic mass is 35.5. The molecular formula is C27H31ClN4O4. The minimum atomic E-state index is -0.516. The van der Waals surface area contributed by atoms with Gasteiger partial charge in [-0.1, -0.05) is 35.9 Å². The van der Waals surface area contributed by atoms with Crippen molar-refractivity contribution in [2.45, 2.75) is 59.2 Å². The molecule has 0 radical (unpaired) electrons. The number of rotatable bonds is 11. The summed E-state index contributed by atoms with van der Waals surface area (Å²) in [5, 5.41) is 3.22. The van der Waals surface area contributed by atoms with Crippen LogP contribution in [0.1, 0.15) is 60.7 Å². The summed E-state index contributed by atoms with van der Waals surface area (Å²) in [7, 11) is 0. The first kappa shape index (κ1) is 26.9. The summed E-state index contributed by atoms with van der Waals surface area (Å²) in [5.74, 6) is -0.0516. The van der Waals surface area contributed by atoms with Crippen molar-refractivity contribution in [1.29, 1.82) is 0 Å². The highest BCUT2D eigenvalue weighted by Gasteiger charge is 2.19. The average Bonchev–Trinajstić information content (AvgIpc) is 3.25. The zero-order valence-corrected chi connectivity index (χ0v) is 21.6. The van der Waals surface area contributed by atoms with Crippen LogP contribution in [0.15, 0.2) is 48.7 Å². The molecule has 8 nitrogen and oxygen atoms in total. The van der Waals surface area contributed by atoms with E-state index < -0.39 is 11.9 Å². The maximum atomic E-state index is 12.9. The molecule has 0 bridgehead atoms. The van der Waals surface area contributed by atoms with Gasteiger partial charge in [0.2, 0.25) is 5.91 Å². The van der Waals surface area contributed by atoms with Gasteiger partial charge in [0.05, 0.1) is 16.8 Å². The van der Waals surface area contributed by atoms with E-state index in [1.54, 1.807) is 12.1 Å². The molecule has 3 rings (SSSR count). The van der Waals surface area contributed by atoms with E-state index in [0.717, 1.165) is 11.1 Å². The van der Waals surface area contributed by atoms with Gasteiger partial charge in [0, 0.05) is 43.3 Å². The number of imidazole rings is 1. The number of carbonyl (C=O) groups is 3. The van der Waals surface area contributed by atoms with Gasteiger partial charge in [0.1, 0.15) is 5.75 Å². The molecule has 2 amide bonds. The van der Waals surface area contributed by atoms with Crippen LogP contribution in [-0.2, 0) is 17.8 Å². The van der Waals surface area contributed by atoms with Gasteiger partial charge in [-0.3, -0.25) is 14.4 Å². The topological polar surface area (TPSA) is 116 Å². The number of hydrogen-bond acceptors (Lipinski definition) is 5. The first-order chi connectivity index (χ1) is 17.1. The highest BCUT2D eigenvalue weighted by molar-refractivity contribution is 6.32. The van der Waals surface area contributed by atoms with Gasteiger partial charge >= 0.3 is 0 Å². The zero-order valence-electron chi connectivity index (χ0n) is 20.9. The third-order valence-electron chi connectivity index (χ3n) is 5.50. The average molecular weight is 511 g/mol. The molecule has 0 unspecified atom stereocenters. The molecule has 1 atom stereocenters. The Kier molecular flexibility index (Phi) is 8.88. The second-order valence-corrected chi connectivity index (χ2v) is 9.25. The molecule has 0 aliphatic rings. The van der Waals surface area contributed by atoms with Crippen LogP contribution < -0.4 is 15.8 Å². The van der Waals surface area contributed by atoms with E-state index in [0.29, 0.717) is 40.8 Å². The van der Waals surface area contributed by atoms with Gasteiger partial charge in [-0.2, -0.15) is 0 Å². The van der Waals surface area contributed by atoms with Gasteiger partial charge in [-0.25, -0.2) is 4.98 Å². The van der Waals surface area contributed by atoms with Crippen LogP contribution in [0.25, 0.3) is 11.3 Å². The summed E-state index contributed by atoms with van der Waals surface area (Å²) in [6.07, 6.45) is 2.19. The maximum Gasteiger partial charge on any atom is 0.251 e. The minimum Gasteiger partial charge on any atom is -0.489 e. The van der Waals surface area contributed by atoms with Crippen LogP contribution in [0.2, 0.25) is 5.02 Å². The van der Waals surface area contributed by atoms with Crippen molar-refractivity contribution in [3.63, 3.8) is 0 Å². The predicted molar refractivity (Wildman–Crippen MR) is 139 cm³/mol. The Labute approximate surface area is 215 Å². The van der Waals surface area contributed by atoms with E-state index in [-0.39, 0.29) is 24.2 Å². The quantitative estimate of drug-likeness (QED) is 0.370. The number of amides is 2. The number of aryl methyl sites for hydroxylation is 1. The SMILES string of the molecule is CCn1cc(-c2ccc(C[C@@H](CC(N)=O)NC(=O)c3ccc(OC(C)C)c(Cl)c3)cc2)nc1C(C)=O. The number of halogens is 1. The normalized spacial score (nSPS) is 11.8. The molecule has 0 aliphatic carbocycles. The minimum absolute atomic E-state index is 0.0152. The van der Waals surface area contributed by atoms with Crippen LogP contribution in [0.5, 0.6) is 5.75 Å². The van der Waals surface area contributed by atoms with E-state index >= 15 is 0 Å². The molecule has 0 saturated carbocycles. The number of ketones is 1. The lowest BCUT2D eigenvalue weighted by Gasteiger charge is -2.18. The standard InChI is InChI=1S/C27H31ClN4O4/c1-5-32-15-23(31-26(32)17(4)33)19-8-6-18(7-9-19)12-21(14-25(29)34)30-27(35)20-10-11-24(22(28)13-20)36-16(2)3/h6-11,13,15-16,21H,5,12,14H2,1-4H3,(H2,29,34)(H,30,35)/t21-/m0/s1. The van der Waals surface area contributed by atoms with E-state index in [4.69, 9.17) is 22.1 Å². The molecule has 0 spiro atoms. The number of hydrogen-bond donors (Lipinski definition) is 2. The summed E-state index contributed by atoms with van der Waals surface area (Å²) in [6, 6.07) is 11.9. The van der Waals surface area contributed by atoms with Gasteiger partial charge in [0.15, 0.2) is 11.6 Å². The fourth-order valence-electron chi connectivity index (χ4n) is 3.85. The second-order valence-electron chi connectivity index (χ2n) is 8.85. The number of primary amides is 1. The Morgan fingerprint density at radius 3 is 2.36 bits per heavy atom. The number of benzene rings is 2. The fraction of sp³-hybridized carbons (Fsp3) is 0.333. The van der Waals surface area contributed by atoms with Crippen molar-refractivity contribution in [1.82, 2.24) is 14.9 Å². The number of nitrogens with zero attached hydrogens (tertiary/aromatic N) is 2. The number of ether oxygens (including phenoxy) is 1. The third-order valence-corrected chi connectivity index (χ3v) is 5.80. The van der Waals surface area contributed by atoms with Gasteiger partial charge in [-0.05, 0) is 51.0 Å². The van der Waals surface area contributed by atoms with Gasteiger partial charge < -0.3 is 20.4 Å². The third kappa shape index (κ3) is 6.95. The van der Waals surface area contributed by atoms with Crippen LogP contribution in [-0.4, -0.2) is 39.3 Å². The molecule has 0 saturated heterocycles. The molecule has 1 aromatic heterocycles. The van der Waals surface area contributed by atoms with E-state index in [1.807, 2.05) is 55.8 Å². The van der Waals surface area contributed by atoms with Crippen molar-refractivity contribution in [2.24, 2.45) is 5.73 Å². The lowest BCUT2D eigenvalue weighted by atomic mass is 10.0. The number of nitrogens with two attached hydrogens (primary N) is 1. The first-order valence-corrected chi connectivity index (χ1v) is 12.2. The van der Waals surface area contributed by atoms with E-state index in [1.165, 1.54) is 13.0 Å². The number of Topliss-reactive ketones (excluding diaryl/α,β-unsaturated/α-hetero) is 1. The molecular weight excluding hydrogens is 480 g/mol.